The SMILES string of the molecule is CCOC(c1noc(C(C)C(CC)NC)n1)C(C)(C)C. The molecule has 5 nitrogen and oxygen atoms in total. The molecule has 0 aromatic carbocycles. The first-order valence-electron chi connectivity index (χ1n) is 7.47. The molecule has 0 saturated heterocycles. The Morgan fingerprint density at radius 3 is 2.40 bits per heavy atom. The topological polar surface area (TPSA) is 60.2 Å². The minimum atomic E-state index is -0.146. The minimum absolute atomic E-state index is 0.0619. The summed E-state index contributed by atoms with van der Waals surface area (Å²) in [4.78, 5) is 4.57. The van der Waals surface area contributed by atoms with Crippen LogP contribution in [0.15, 0.2) is 4.52 Å². The van der Waals surface area contributed by atoms with Crippen molar-refractivity contribution in [2.24, 2.45) is 5.41 Å². The van der Waals surface area contributed by atoms with Crippen LogP contribution in [0.1, 0.15) is 71.7 Å². The van der Waals surface area contributed by atoms with Gasteiger partial charge in [0.05, 0.1) is 5.92 Å². The van der Waals surface area contributed by atoms with Gasteiger partial charge in [0.1, 0.15) is 6.10 Å². The average molecular weight is 283 g/mol. The van der Waals surface area contributed by atoms with E-state index in [1.54, 1.807) is 0 Å². The van der Waals surface area contributed by atoms with Gasteiger partial charge in [0.2, 0.25) is 11.7 Å². The molecule has 0 aliphatic heterocycles. The number of nitrogens with zero attached hydrogens (tertiary/aromatic N) is 2. The van der Waals surface area contributed by atoms with E-state index in [0.717, 1.165) is 6.42 Å². The summed E-state index contributed by atoms with van der Waals surface area (Å²) in [5.41, 5.74) is -0.0619. The fourth-order valence-corrected chi connectivity index (χ4v) is 2.40. The van der Waals surface area contributed by atoms with Crippen LogP contribution in [0, 0.1) is 5.41 Å². The predicted molar refractivity (Wildman–Crippen MR) is 79.7 cm³/mol. The molecule has 1 heterocycles. The summed E-state index contributed by atoms with van der Waals surface area (Å²) in [5, 5.41) is 7.42. The summed E-state index contributed by atoms with van der Waals surface area (Å²) < 4.78 is 11.3. The fourth-order valence-electron chi connectivity index (χ4n) is 2.40. The lowest BCUT2D eigenvalue weighted by atomic mass is 9.88. The standard InChI is InChI=1S/C15H29N3O2/c1-8-11(16-7)10(3)14-17-13(18-20-14)12(19-9-2)15(4,5)6/h10-12,16H,8-9H2,1-7H3. The zero-order valence-corrected chi connectivity index (χ0v) is 13.9. The van der Waals surface area contributed by atoms with Crippen LogP contribution in [0.4, 0.5) is 0 Å². The molecule has 116 valence electrons. The molecular weight excluding hydrogens is 254 g/mol. The maximum atomic E-state index is 5.80. The molecule has 0 bridgehead atoms. The van der Waals surface area contributed by atoms with E-state index in [9.17, 15) is 0 Å². The Kier molecular flexibility index (Phi) is 6.14. The molecule has 0 spiro atoms. The van der Waals surface area contributed by atoms with E-state index in [1.807, 2.05) is 14.0 Å². The molecule has 0 aliphatic rings. The molecule has 0 radical (unpaired) electrons. The number of likely N-dealkylation sites (N-methyl/N-ethyl adjacent to an activating group) is 1. The third-order valence-corrected chi connectivity index (χ3v) is 3.62. The molecule has 3 unspecified atom stereocenters. The van der Waals surface area contributed by atoms with Crippen LogP contribution in [0.5, 0.6) is 0 Å². The molecule has 5 heteroatoms. The quantitative estimate of drug-likeness (QED) is 0.832. The molecular formula is C15H29N3O2. The van der Waals surface area contributed by atoms with Crippen LogP contribution in [0.2, 0.25) is 0 Å². The second kappa shape index (κ2) is 7.18. The predicted octanol–water partition coefficient (Wildman–Crippen LogP) is 3.29. The fraction of sp³-hybridized carbons (Fsp3) is 0.867. The Hall–Kier alpha value is -0.940. The Bertz CT molecular complexity index is 394. The molecule has 1 rings (SSSR count). The van der Waals surface area contributed by atoms with E-state index in [0.29, 0.717) is 24.4 Å². The highest BCUT2D eigenvalue weighted by atomic mass is 16.5. The highest BCUT2D eigenvalue weighted by molar-refractivity contribution is 5.01. The lowest BCUT2D eigenvalue weighted by molar-refractivity contribution is -0.0203. The van der Waals surface area contributed by atoms with Gasteiger partial charge in [-0.25, -0.2) is 0 Å². The largest absolute Gasteiger partial charge is 0.370 e. The molecule has 0 saturated carbocycles. The van der Waals surface area contributed by atoms with Crippen molar-refractivity contribution in [1.82, 2.24) is 15.5 Å². The van der Waals surface area contributed by atoms with E-state index in [4.69, 9.17) is 9.26 Å². The van der Waals surface area contributed by atoms with Crippen molar-refractivity contribution >= 4 is 0 Å². The number of hydrogen-bond acceptors (Lipinski definition) is 5. The third kappa shape index (κ3) is 4.03. The first kappa shape index (κ1) is 17.1. The van der Waals surface area contributed by atoms with Crippen molar-refractivity contribution in [2.75, 3.05) is 13.7 Å². The summed E-state index contributed by atoms with van der Waals surface area (Å²) >= 11 is 0. The van der Waals surface area contributed by atoms with Gasteiger partial charge in [-0.2, -0.15) is 4.98 Å². The monoisotopic (exact) mass is 283 g/mol. The van der Waals surface area contributed by atoms with E-state index in [2.05, 4.69) is 50.1 Å². The highest BCUT2D eigenvalue weighted by Crippen LogP contribution is 2.35. The number of ether oxygens (including phenoxy) is 1. The van der Waals surface area contributed by atoms with E-state index in [1.165, 1.54) is 0 Å². The summed E-state index contributed by atoms with van der Waals surface area (Å²) in [7, 11) is 1.96. The van der Waals surface area contributed by atoms with Gasteiger partial charge >= 0.3 is 0 Å². The van der Waals surface area contributed by atoms with E-state index in [-0.39, 0.29) is 17.4 Å². The van der Waals surface area contributed by atoms with Crippen molar-refractivity contribution in [2.45, 2.75) is 66.0 Å². The summed E-state index contributed by atoms with van der Waals surface area (Å²) in [6.45, 7) is 13.2. The molecule has 0 fully saturated rings. The molecule has 20 heavy (non-hydrogen) atoms. The first-order chi connectivity index (χ1) is 9.35. The van der Waals surface area contributed by atoms with Crippen molar-refractivity contribution in [3.8, 4) is 0 Å². The first-order valence-corrected chi connectivity index (χ1v) is 7.47. The molecule has 1 aromatic rings. The second-order valence-electron chi connectivity index (χ2n) is 6.28. The van der Waals surface area contributed by atoms with Gasteiger partial charge in [-0.15, -0.1) is 0 Å². The van der Waals surface area contributed by atoms with Gasteiger partial charge < -0.3 is 14.6 Å². The average Bonchev–Trinajstić information content (AvgIpc) is 2.84. The Balaban J connectivity index is 2.94. The second-order valence-corrected chi connectivity index (χ2v) is 6.28. The summed E-state index contributed by atoms with van der Waals surface area (Å²) in [5.74, 6) is 1.51. The summed E-state index contributed by atoms with van der Waals surface area (Å²) in [6.07, 6.45) is 0.871. The van der Waals surface area contributed by atoms with Gasteiger partial charge in [-0.1, -0.05) is 39.8 Å². The molecule has 0 amide bonds. The number of hydrogen-bond donors (Lipinski definition) is 1. The van der Waals surface area contributed by atoms with E-state index < -0.39 is 0 Å². The van der Waals surface area contributed by atoms with Crippen molar-refractivity contribution in [3.63, 3.8) is 0 Å². The third-order valence-electron chi connectivity index (χ3n) is 3.62. The zero-order valence-electron chi connectivity index (χ0n) is 13.9. The van der Waals surface area contributed by atoms with Gasteiger partial charge in [-0.3, -0.25) is 0 Å². The van der Waals surface area contributed by atoms with Gasteiger partial charge in [0.25, 0.3) is 0 Å². The number of rotatable bonds is 7. The molecule has 0 aliphatic carbocycles. The minimum Gasteiger partial charge on any atom is -0.370 e. The lowest BCUT2D eigenvalue weighted by Gasteiger charge is -2.27. The molecule has 3 atom stereocenters. The van der Waals surface area contributed by atoms with Crippen LogP contribution in [0.3, 0.4) is 0 Å². The Morgan fingerprint density at radius 1 is 1.30 bits per heavy atom. The smallest absolute Gasteiger partial charge is 0.231 e. The van der Waals surface area contributed by atoms with Crippen molar-refractivity contribution in [1.29, 1.82) is 0 Å². The van der Waals surface area contributed by atoms with Crippen molar-refractivity contribution in [3.05, 3.63) is 11.7 Å². The Morgan fingerprint density at radius 2 is 1.95 bits per heavy atom. The molecule has 1 N–H and O–H groups in total. The van der Waals surface area contributed by atoms with Crippen LogP contribution in [-0.4, -0.2) is 29.8 Å². The maximum Gasteiger partial charge on any atom is 0.231 e. The van der Waals surface area contributed by atoms with Crippen LogP contribution in [0.25, 0.3) is 0 Å². The summed E-state index contributed by atoms with van der Waals surface area (Å²) in [6, 6.07) is 0.337. The van der Waals surface area contributed by atoms with Gasteiger partial charge in [0, 0.05) is 12.6 Å². The lowest BCUT2D eigenvalue weighted by Crippen LogP contribution is -2.30. The maximum absolute atomic E-state index is 5.80. The zero-order chi connectivity index (χ0) is 15.3. The van der Waals surface area contributed by atoms with Crippen molar-refractivity contribution < 1.29 is 9.26 Å². The molecule has 1 aromatic heterocycles. The van der Waals surface area contributed by atoms with Crippen LogP contribution < -0.4 is 5.32 Å². The highest BCUT2D eigenvalue weighted by Gasteiger charge is 2.32. The van der Waals surface area contributed by atoms with Crippen LogP contribution in [-0.2, 0) is 4.74 Å². The van der Waals surface area contributed by atoms with Gasteiger partial charge in [0.15, 0.2) is 0 Å². The number of nitrogens with one attached hydrogen (secondary N) is 1. The van der Waals surface area contributed by atoms with Gasteiger partial charge in [-0.05, 0) is 25.8 Å². The normalized spacial score (nSPS) is 16.9. The Labute approximate surface area is 122 Å². The number of aromatic nitrogens is 2. The van der Waals surface area contributed by atoms with Crippen LogP contribution >= 0.6 is 0 Å². The van der Waals surface area contributed by atoms with E-state index >= 15 is 0 Å².